The minimum atomic E-state index is -0.437. The quantitative estimate of drug-likeness (QED) is 0.498. The fraction of sp³-hybridized carbons (Fsp3) is 0.238. The first-order valence-corrected chi connectivity index (χ1v) is 9.89. The summed E-state index contributed by atoms with van der Waals surface area (Å²) in [6, 6.07) is 8.20. The van der Waals surface area contributed by atoms with Gasteiger partial charge >= 0.3 is 0 Å². The van der Waals surface area contributed by atoms with Gasteiger partial charge in [-0.1, -0.05) is 11.6 Å². The molecule has 1 aliphatic rings. The lowest BCUT2D eigenvalue weighted by Gasteiger charge is -2.32. The zero-order valence-corrected chi connectivity index (χ0v) is 16.9. The summed E-state index contributed by atoms with van der Waals surface area (Å²) in [4.78, 5) is 15.8. The number of fused-ring (bicyclic) bond motifs is 1. The second kappa shape index (κ2) is 7.62. The van der Waals surface area contributed by atoms with Gasteiger partial charge in [0.05, 0.1) is 25.0 Å². The van der Waals surface area contributed by atoms with Crippen molar-refractivity contribution in [2.75, 3.05) is 24.6 Å². The Morgan fingerprint density at radius 3 is 2.93 bits per heavy atom. The minimum absolute atomic E-state index is 0.147. The molecule has 1 aromatic carbocycles. The van der Waals surface area contributed by atoms with Gasteiger partial charge in [-0.2, -0.15) is 10.1 Å². The molecule has 1 saturated heterocycles. The Kier molecular flexibility index (Phi) is 4.80. The molecule has 1 fully saturated rings. The van der Waals surface area contributed by atoms with Crippen LogP contribution in [0.3, 0.4) is 0 Å². The van der Waals surface area contributed by atoms with Gasteiger partial charge in [-0.25, -0.2) is 14.4 Å². The van der Waals surface area contributed by atoms with Gasteiger partial charge in [-0.3, -0.25) is 4.68 Å². The molecule has 3 aromatic heterocycles. The number of pyridine rings is 1. The van der Waals surface area contributed by atoms with Crippen molar-refractivity contribution in [2.24, 2.45) is 7.05 Å². The van der Waals surface area contributed by atoms with Gasteiger partial charge in [0.25, 0.3) is 0 Å². The van der Waals surface area contributed by atoms with E-state index in [4.69, 9.17) is 21.3 Å². The standard InChI is InChI=1S/C21H18ClFN6O/c1-28-11-13(10-25-28)18-12-29(7-8-30-18)21-26-19(15-5-4-14(22)9-17(15)23)16-3-2-6-24-20(16)27-21/h2-6,9-11,18H,7-8,12H2,1H3/t18-/m1/s1. The molecule has 0 unspecified atom stereocenters. The van der Waals surface area contributed by atoms with Crippen molar-refractivity contribution in [3.8, 4) is 11.3 Å². The van der Waals surface area contributed by atoms with Crippen LogP contribution in [-0.4, -0.2) is 44.4 Å². The topological polar surface area (TPSA) is 69.0 Å². The van der Waals surface area contributed by atoms with Crippen LogP contribution in [-0.2, 0) is 11.8 Å². The molecule has 0 amide bonds. The van der Waals surface area contributed by atoms with Gasteiger partial charge in [0, 0.05) is 47.5 Å². The summed E-state index contributed by atoms with van der Waals surface area (Å²) >= 11 is 5.94. The van der Waals surface area contributed by atoms with Gasteiger partial charge < -0.3 is 9.64 Å². The molecule has 152 valence electrons. The molecule has 30 heavy (non-hydrogen) atoms. The lowest BCUT2D eigenvalue weighted by atomic mass is 10.1. The third-order valence-corrected chi connectivity index (χ3v) is 5.33. The first kappa shape index (κ1) is 18.9. The number of halogens is 2. The molecule has 4 aromatic rings. The van der Waals surface area contributed by atoms with E-state index in [2.05, 4.69) is 15.1 Å². The van der Waals surface area contributed by atoms with E-state index in [-0.39, 0.29) is 6.10 Å². The number of hydrogen-bond donors (Lipinski definition) is 0. The molecule has 1 aliphatic heterocycles. The number of morpholine rings is 1. The van der Waals surface area contributed by atoms with Crippen molar-refractivity contribution >= 4 is 28.6 Å². The van der Waals surface area contributed by atoms with Crippen LogP contribution >= 0.6 is 11.6 Å². The first-order valence-electron chi connectivity index (χ1n) is 9.52. The molecule has 7 nitrogen and oxygen atoms in total. The third kappa shape index (κ3) is 3.48. The SMILES string of the molecule is Cn1cc([C@H]2CN(c3nc(-c4ccc(Cl)cc4F)c4cccnc4n3)CCO2)cn1. The normalized spacial score (nSPS) is 16.9. The molecular formula is C21H18ClFN6O. The molecule has 9 heteroatoms. The van der Waals surface area contributed by atoms with Gasteiger partial charge in [0.2, 0.25) is 5.95 Å². The van der Waals surface area contributed by atoms with Crippen LogP contribution in [0, 0.1) is 5.82 Å². The van der Waals surface area contributed by atoms with E-state index in [0.717, 1.165) is 5.56 Å². The maximum Gasteiger partial charge on any atom is 0.228 e. The van der Waals surface area contributed by atoms with Crippen LogP contribution in [0.15, 0.2) is 48.9 Å². The van der Waals surface area contributed by atoms with Gasteiger partial charge in [0.15, 0.2) is 5.65 Å². The fourth-order valence-corrected chi connectivity index (χ4v) is 3.78. The summed E-state index contributed by atoms with van der Waals surface area (Å²) in [7, 11) is 1.87. The Balaban J connectivity index is 1.58. The summed E-state index contributed by atoms with van der Waals surface area (Å²) in [6.45, 7) is 1.71. The van der Waals surface area contributed by atoms with E-state index in [0.29, 0.717) is 53.0 Å². The predicted molar refractivity (Wildman–Crippen MR) is 112 cm³/mol. The van der Waals surface area contributed by atoms with Crippen molar-refractivity contribution in [3.63, 3.8) is 0 Å². The highest BCUT2D eigenvalue weighted by atomic mass is 35.5. The molecule has 5 rings (SSSR count). The number of hydrogen-bond acceptors (Lipinski definition) is 6. The predicted octanol–water partition coefficient (Wildman–Crippen LogP) is 3.80. The van der Waals surface area contributed by atoms with E-state index in [1.54, 1.807) is 35.3 Å². The zero-order chi connectivity index (χ0) is 20.7. The molecule has 0 saturated carbocycles. The van der Waals surface area contributed by atoms with Crippen LogP contribution in [0.2, 0.25) is 5.02 Å². The summed E-state index contributed by atoms with van der Waals surface area (Å²) in [5.41, 5.74) is 2.35. The number of aromatic nitrogens is 5. The highest BCUT2D eigenvalue weighted by molar-refractivity contribution is 6.30. The molecule has 1 atom stereocenters. The van der Waals surface area contributed by atoms with E-state index in [9.17, 15) is 4.39 Å². The Labute approximate surface area is 177 Å². The molecule has 4 heterocycles. The lowest BCUT2D eigenvalue weighted by Crippen LogP contribution is -2.39. The summed E-state index contributed by atoms with van der Waals surface area (Å²) in [6.07, 6.45) is 5.25. The van der Waals surface area contributed by atoms with Crippen molar-refractivity contribution in [3.05, 3.63) is 65.3 Å². The van der Waals surface area contributed by atoms with Crippen molar-refractivity contribution < 1.29 is 9.13 Å². The maximum atomic E-state index is 14.7. The number of rotatable bonds is 3. The smallest absolute Gasteiger partial charge is 0.228 e. The number of anilines is 1. The zero-order valence-electron chi connectivity index (χ0n) is 16.2. The fourth-order valence-electron chi connectivity index (χ4n) is 3.62. The van der Waals surface area contributed by atoms with E-state index >= 15 is 0 Å². The molecule has 0 spiro atoms. The van der Waals surface area contributed by atoms with Gasteiger partial charge in [-0.05, 0) is 30.3 Å². The number of ether oxygens (including phenoxy) is 1. The molecular weight excluding hydrogens is 407 g/mol. The second-order valence-corrected chi connectivity index (χ2v) is 7.56. The molecule has 0 radical (unpaired) electrons. The number of nitrogens with zero attached hydrogens (tertiary/aromatic N) is 6. The second-order valence-electron chi connectivity index (χ2n) is 7.12. The average molecular weight is 425 g/mol. The Hall–Kier alpha value is -3.10. The Morgan fingerprint density at radius 2 is 2.13 bits per heavy atom. The third-order valence-electron chi connectivity index (χ3n) is 5.09. The van der Waals surface area contributed by atoms with Crippen LogP contribution in [0.5, 0.6) is 0 Å². The summed E-state index contributed by atoms with van der Waals surface area (Å²) < 4.78 is 22.4. The van der Waals surface area contributed by atoms with E-state index in [1.165, 1.54) is 6.07 Å². The van der Waals surface area contributed by atoms with Gasteiger partial charge in [-0.15, -0.1) is 0 Å². The molecule has 0 bridgehead atoms. The Morgan fingerprint density at radius 1 is 1.23 bits per heavy atom. The first-order chi connectivity index (χ1) is 14.6. The minimum Gasteiger partial charge on any atom is -0.370 e. The van der Waals surface area contributed by atoms with Crippen molar-refractivity contribution in [2.45, 2.75) is 6.10 Å². The summed E-state index contributed by atoms with van der Waals surface area (Å²) in [5.74, 6) is 0.0512. The highest BCUT2D eigenvalue weighted by Crippen LogP contribution is 2.32. The van der Waals surface area contributed by atoms with E-state index in [1.807, 2.05) is 24.2 Å². The maximum absolute atomic E-state index is 14.7. The lowest BCUT2D eigenvalue weighted by molar-refractivity contribution is 0.0392. The molecule has 0 N–H and O–H groups in total. The Bertz CT molecular complexity index is 1230. The van der Waals surface area contributed by atoms with Crippen LogP contribution in [0.25, 0.3) is 22.3 Å². The molecule has 0 aliphatic carbocycles. The number of benzene rings is 1. The highest BCUT2D eigenvalue weighted by Gasteiger charge is 2.26. The summed E-state index contributed by atoms with van der Waals surface area (Å²) in [5, 5.41) is 5.24. The van der Waals surface area contributed by atoms with E-state index < -0.39 is 5.82 Å². The average Bonchev–Trinajstić information content (AvgIpc) is 3.20. The van der Waals surface area contributed by atoms with Crippen LogP contribution in [0.1, 0.15) is 11.7 Å². The largest absolute Gasteiger partial charge is 0.370 e. The van der Waals surface area contributed by atoms with Crippen LogP contribution in [0.4, 0.5) is 10.3 Å². The monoisotopic (exact) mass is 424 g/mol. The van der Waals surface area contributed by atoms with Crippen LogP contribution < -0.4 is 4.90 Å². The van der Waals surface area contributed by atoms with Crippen molar-refractivity contribution in [1.82, 2.24) is 24.7 Å². The van der Waals surface area contributed by atoms with Gasteiger partial charge in [0.1, 0.15) is 11.9 Å². The van der Waals surface area contributed by atoms with Crippen molar-refractivity contribution in [1.29, 1.82) is 0 Å². The number of aryl methyl sites for hydroxylation is 1.